The Bertz CT molecular complexity index is 611. The number of hydrogen-bond acceptors (Lipinski definition) is 4. The molecule has 2 heterocycles. The zero-order valence-electron chi connectivity index (χ0n) is 13.0. The van der Waals surface area contributed by atoms with Crippen molar-refractivity contribution in [3.63, 3.8) is 0 Å². The first kappa shape index (κ1) is 14.1. The van der Waals surface area contributed by atoms with Gasteiger partial charge < -0.3 is 10.2 Å². The fourth-order valence-electron chi connectivity index (χ4n) is 3.11. The lowest BCUT2D eigenvalue weighted by Crippen LogP contribution is -2.33. The van der Waals surface area contributed by atoms with Gasteiger partial charge in [-0.05, 0) is 38.8 Å². The summed E-state index contributed by atoms with van der Waals surface area (Å²) in [5.74, 6) is 1.83. The maximum atomic E-state index is 4.81. The van der Waals surface area contributed by atoms with Crippen LogP contribution in [0.2, 0.25) is 0 Å². The van der Waals surface area contributed by atoms with Crippen LogP contribution in [0.1, 0.15) is 39.5 Å². The highest BCUT2D eigenvalue weighted by atomic mass is 15.2. The first-order valence-electron chi connectivity index (χ1n) is 8.07. The molecule has 1 aliphatic heterocycles. The fraction of sp³-hybridized carbons (Fsp3) is 0.529. The lowest BCUT2D eigenvalue weighted by molar-refractivity contribution is 0.612. The standard InChI is InChI=1S/C17H24N4/c1-3-18-17-19-15-11-7-6-10-14(15)16(20-17)21-12-8-4-5-9-13(21)2/h6-7,10-11,13H,3-5,8-9,12H2,1-2H3,(H,18,19,20). The molecule has 1 aromatic carbocycles. The van der Waals surface area contributed by atoms with Gasteiger partial charge in [0.05, 0.1) is 5.52 Å². The summed E-state index contributed by atoms with van der Waals surface area (Å²) in [7, 11) is 0. The van der Waals surface area contributed by atoms with Crippen LogP contribution in [0.4, 0.5) is 11.8 Å². The monoisotopic (exact) mass is 284 g/mol. The van der Waals surface area contributed by atoms with Crippen molar-refractivity contribution in [3.8, 4) is 0 Å². The van der Waals surface area contributed by atoms with Gasteiger partial charge in [-0.1, -0.05) is 25.0 Å². The fourth-order valence-corrected chi connectivity index (χ4v) is 3.11. The number of benzene rings is 1. The molecule has 1 N–H and O–H groups in total. The third-order valence-corrected chi connectivity index (χ3v) is 4.24. The Morgan fingerprint density at radius 1 is 1.19 bits per heavy atom. The molecule has 4 nitrogen and oxygen atoms in total. The maximum absolute atomic E-state index is 4.81. The summed E-state index contributed by atoms with van der Waals surface area (Å²) in [6, 6.07) is 8.87. The number of para-hydroxylation sites is 1. The average Bonchev–Trinajstić information content (AvgIpc) is 2.71. The topological polar surface area (TPSA) is 41.1 Å². The lowest BCUT2D eigenvalue weighted by Gasteiger charge is -2.29. The molecule has 0 bridgehead atoms. The molecule has 2 aromatic rings. The molecule has 21 heavy (non-hydrogen) atoms. The van der Waals surface area contributed by atoms with Crippen molar-refractivity contribution < 1.29 is 0 Å². The van der Waals surface area contributed by atoms with Crippen molar-refractivity contribution in [1.29, 1.82) is 0 Å². The smallest absolute Gasteiger partial charge is 0.225 e. The average molecular weight is 284 g/mol. The molecular weight excluding hydrogens is 260 g/mol. The van der Waals surface area contributed by atoms with Crippen molar-refractivity contribution in [2.45, 2.75) is 45.6 Å². The Kier molecular flexibility index (Phi) is 4.23. The van der Waals surface area contributed by atoms with Gasteiger partial charge in [0.1, 0.15) is 5.82 Å². The van der Waals surface area contributed by atoms with E-state index in [1.807, 2.05) is 6.07 Å². The highest BCUT2D eigenvalue weighted by Gasteiger charge is 2.21. The van der Waals surface area contributed by atoms with Crippen LogP contribution in [0.3, 0.4) is 0 Å². The SMILES string of the molecule is CCNc1nc(N2CCCCCC2C)c2ccccc2n1. The summed E-state index contributed by atoms with van der Waals surface area (Å²) >= 11 is 0. The summed E-state index contributed by atoms with van der Waals surface area (Å²) < 4.78 is 0. The zero-order chi connectivity index (χ0) is 14.7. The second-order valence-electron chi connectivity index (χ2n) is 5.81. The van der Waals surface area contributed by atoms with Crippen LogP contribution >= 0.6 is 0 Å². The molecule has 1 unspecified atom stereocenters. The van der Waals surface area contributed by atoms with Crippen molar-refractivity contribution in [1.82, 2.24) is 9.97 Å². The minimum atomic E-state index is 0.542. The van der Waals surface area contributed by atoms with E-state index in [-0.39, 0.29) is 0 Å². The van der Waals surface area contributed by atoms with Gasteiger partial charge in [0.15, 0.2) is 0 Å². The molecule has 1 aliphatic rings. The third kappa shape index (κ3) is 2.94. The molecule has 1 aromatic heterocycles. The van der Waals surface area contributed by atoms with Crippen molar-refractivity contribution in [3.05, 3.63) is 24.3 Å². The summed E-state index contributed by atoms with van der Waals surface area (Å²) in [5, 5.41) is 4.42. The van der Waals surface area contributed by atoms with E-state index >= 15 is 0 Å². The minimum absolute atomic E-state index is 0.542. The largest absolute Gasteiger partial charge is 0.354 e. The molecule has 0 radical (unpaired) electrons. The van der Waals surface area contributed by atoms with Gasteiger partial charge >= 0.3 is 0 Å². The Labute approximate surface area is 126 Å². The van der Waals surface area contributed by atoms with E-state index in [1.54, 1.807) is 0 Å². The molecule has 0 saturated carbocycles. The summed E-state index contributed by atoms with van der Waals surface area (Å²) in [4.78, 5) is 11.9. The highest BCUT2D eigenvalue weighted by molar-refractivity contribution is 5.90. The predicted molar refractivity (Wildman–Crippen MR) is 89.0 cm³/mol. The Morgan fingerprint density at radius 3 is 2.90 bits per heavy atom. The van der Waals surface area contributed by atoms with Gasteiger partial charge in [0.25, 0.3) is 0 Å². The second kappa shape index (κ2) is 6.29. The van der Waals surface area contributed by atoms with Crippen LogP contribution in [0.25, 0.3) is 10.9 Å². The van der Waals surface area contributed by atoms with Gasteiger partial charge in [-0.2, -0.15) is 4.98 Å². The Balaban J connectivity index is 2.09. The van der Waals surface area contributed by atoms with E-state index in [0.717, 1.165) is 35.8 Å². The number of aromatic nitrogens is 2. The number of rotatable bonds is 3. The van der Waals surface area contributed by atoms with Crippen LogP contribution in [0.15, 0.2) is 24.3 Å². The number of nitrogens with zero attached hydrogens (tertiary/aromatic N) is 3. The molecule has 3 rings (SSSR count). The Morgan fingerprint density at radius 2 is 2.05 bits per heavy atom. The van der Waals surface area contributed by atoms with E-state index in [0.29, 0.717) is 6.04 Å². The van der Waals surface area contributed by atoms with E-state index in [2.05, 4.69) is 47.2 Å². The number of anilines is 2. The summed E-state index contributed by atoms with van der Waals surface area (Å²) in [6.07, 6.45) is 5.14. The first-order chi connectivity index (χ1) is 10.3. The number of hydrogen-bond donors (Lipinski definition) is 1. The molecular formula is C17H24N4. The van der Waals surface area contributed by atoms with Gasteiger partial charge in [-0.3, -0.25) is 0 Å². The highest BCUT2D eigenvalue weighted by Crippen LogP contribution is 2.29. The van der Waals surface area contributed by atoms with Crippen LogP contribution in [0.5, 0.6) is 0 Å². The van der Waals surface area contributed by atoms with Crippen LogP contribution in [-0.4, -0.2) is 29.1 Å². The maximum Gasteiger partial charge on any atom is 0.225 e. The first-order valence-corrected chi connectivity index (χ1v) is 8.07. The molecule has 0 spiro atoms. The van der Waals surface area contributed by atoms with Crippen LogP contribution in [0, 0.1) is 0 Å². The normalized spacial score (nSPS) is 19.5. The second-order valence-corrected chi connectivity index (χ2v) is 5.81. The summed E-state index contributed by atoms with van der Waals surface area (Å²) in [6.45, 7) is 6.32. The van der Waals surface area contributed by atoms with Gasteiger partial charge in [0.2, 0.25) is 5.95 Å². The molecule has 1 fully saturated rings. The molecule has 1 atom stereocenters. The van der Waals surface area contributed by atoms with Crippen molar-refractivity contribution >= 4 is 22.7 Å². The van der Waals surface area contributed by atoms with E-state index in [1.165, 1.54) is 25.7 Å². The molecule has 4 heteroatoms. The zero-order valence-corrected chi connectivity index (χ0v) is 13.0. The van der Waals surface area contributed by atoms with Crippen molar-refractivity contribution in [2.75, 3.05) is 23.3 Å². The van der Waals surface area contributed by atoms with E-state index in [4.69, 9.17) is 4.98 Å². The van der Waals surface area contributed by atoms with Crippen molar-refractivity contribution in [2.24, 2.45) is 0 Å². The number of nitrogens with one attached hydrogen (secondary N) is 1. The molecule has 112 valence electrons. The third-order valence-electron chi connectivity index (χ3n) is 4.24. The molecule has 0 aliphatic carbocycles. The molecule has 0 amide bonds. The van der Waals surface area contributed by atoms with Gasteiger partial charge in [-0.25, -0.2) is 4.98 Å². The quantitative estimate of drug-likeness (QED) is 0.930. The van der Waals surface area contributed by atoms with Gasteiger partial charge in [0, 0.05) is 24.5 Å². The van der Waals surface area contributed by atoms with Crippen LogP contribution in [-0.2, 0) is 0 Å². The number of fused-ring (bicyclic) bond motifs is 1. The molecule has 1 saturated heterocycles. The van der Waals surface area contributed by atoms with E-state index in [9.17, 15) is 0 Å². The van der Waals surface area contributed by atoms with Gasteiger partial charge in [-0.15, -0.1) is 0 Å². The minimum Gasteiger partial charge on any atom is -0.354 e. The lowest BCUT2D eigenvalue weighted by atomic mass is 10.1. The Hall–Kier alpha value is -1.84. The van der Waals surface area contributed by atoms with Crippen LogP contribution < -0.4 is 10.2 Å². The van der Waals surface area contributed by atoms with E-state index < -0.39 is 0 Å². The predicted octanol–water partition coefficient (Wildman–Crippen LogP) is 3.83. The summed E-state index contributed by atoms with van der Waals surface area (Å²) in [5.41, 5.74) is 1.02.